The molecule has 3 nitrogen and oxygen atoms in total. The molecule has 0 aliphatic carbocycles. The van der Waals surface area contributed by atoms with Gasteiger partial charge in [0, 0.05) is 12.6 Å². The van der Waals surface area contributed by atoms with Gasteiger partial charge in [0.05, 0.1) is 11.9 Å². The fourth-order valence-corrected chi connectivity index (χ4v) is 1.39. The van der Waals surface area contributed by atoms with Gasteiger partial charge in [0.25, 0.3) is 0 Å². The molecule has 0 saturated carbocycles. The molecule has 0 spiro atoms. The van der Waals surface area contributed by atoms with E-state index in [0.717, 1.165) is 5.56 Å². The molecule has 0 saturated heterocycles. The highest BCUT2D eigenvalue weighted by Crippen LogP contribution is 2.30. The first-order valence-corrected chi connectivity index (χ1v) is 4.71. The van der Waals surface area contributed by atoms with Gasteiger partial charge in [-0.3, -0.25) is 4.68 Å². The summed E-state index contributed by atoms with van der Waals surface area (Å²) in [5.41, 5.74) is 0.964. The maximum absolute atomic E-state index is 14.1. The monoisotopic (exact) mass is 199 g/mol. The summed E-state index contributed by atoms with van der Waals surface area (Å²) in [6, 6.07) is 0. The van der Waals surface area contributed by atoms with Crippen LogP contribution < -0.4 is 5.32 Å². The van der Waals surface area contributed by atoms with Gasteiger partial charge < -0.3 is 5.32 Å². The molecule has 0 aromatic carbocycles. The maximum atomic E-state index is 14.1. The van der Waals surface area contributed by atoms with E-state index in [1.165, 1.54) is 0 Å². The predicted octanol–water partition coefficient (Wildman–Crippen LogP) is 1.74. The lowest BCUT2D eigenvalue weighted by Gasteiger charge is -2.28. The second-order valence-electron chi connectivity index (χ2n) is 4.17. The van der Waals surface area contributed by atoms with E-state index in [2.05, 4.69) is 10.4 Å². The first-order valence-electron chi connectivity index (χ1n) is 4.71. The largest absolute Gasteiger partial charge is 0.312 e. The first-order chi connectivity index (χ1) is 6.40. The highest BCUT2D eigenvalue weighted by Gasteiger charge is 2.32. The fraction of sp³-hybridized carbons (Fsp3) is 0.700. The number of likely N-dealkylation sites (N-methyl/N-ethyl adjacent to an activating group) is 1. The predicted molar refractivity (Wildman–Crippen MR) is 54.9 cm³/mol. The van der Waals surface area contributed by atoms with Crippen molar-refractivity contribution < 1.29 is 4.39 Å². The average Bonchev–Trinajstić information content (AvgIpc) is 2.45. The minimum absolute atomic E-state index is 0.571. The summed E-state index contributed by atoms with van der Waals surface area (Å²) in [4.78, 5) is 0. The highest BCUT2D eigenvalue weighted by molar-refractivity contribution is 5.21. The van der Waals surface area contributed by atoms with Gasteiger partial charge in [0.2, 0.25) is 0 Å². The van der Waals surface area contributed by atoms with Crippen molar-refractivity contribution >= 4 is 0 Å². The highest BCUT2D eigenvalue weighted by atomic mass is 19.1. The topological polar surface area (TPSA) is 29.9 Å². The number of rotatable bonds is 3. The Morgan fingerprint density at radius 2 is 2.14 bits per heavy atom. The molecule has 1 atom stereocenters. The molecule has 0 amide bonds. The molecule has 14 heavy (non-hydrogen) atoms. The molecule has 1 aromatic heterocycles. The number of halogens is 1. The van der Waals surface area contributed by atoms with E-state index in [-0.39, 0.29) is 0 Å². The Labute approximate surface area is 84.3 Å². The number of aromatic nitrogens is 2. The number of hydrogen-bond acceptors (Lipinski definition) is 2. The van der Waals surface area contributed by atoms with Crippen molar-refractivity contribution in [2.24, 2.45) is 7.05 Å². The molecule has 0 bridgehead atoms. The summed E-state index contributed by atoms with van der Waals surface area (Å²) in [6.07, 6.45) is 0.633. The number of nitrogens with zero attached hydrogens (tertiary/aromatic N) is 2. The van der Waals surface area contributed by atoms with Crippen molar-refractivity contribution in [3.8, 4) is 0 Å². The van der Waals surface area contributed by atoms with Crippen LogP contribution in [0.4, 0.5) is 4.39 Å². The number of alkyl halides is 1. The van der Waals surface area contributed by atoms with E-state index in [1.54, 1.807) is 25.0 Å². The van der Waals surface area contributed by atoms with Crippen molar-refractivity contribution in [1.29, 1.82) is 0 Å². The van der Waals surface area contributed by atoms with Crippen LogP contribution >= 0.6 is 0 Å². The molecule has 1 N–H and O–H groups in total. The van der Waals surface area contributed by atoms with Crippen molar-refractivity contribution in [2.75, 3.05) is 7.05 Å². The molecule has 80 valence electrons. The zero-order chi connectivity index (χ0) is 10.9. The van der Waals surface area contributed by atoms with E-state index in [0.29, 0.717) is 5.69 Å². The van der Waals surface area contributed by atoms with Gasteiger partial charge in [-0.15, -0.1) is 0 Å². The fourth-order valence-electron chi connectivity index (χ4n) is 1.39. The van der Waals surface area contributed by atoms with Crippen LogP contribution in [-0.2, 0) is 7.05 Å². The molecule has 1 aromatic rings. The third-order valence-electron chi connectivity index (χ3n) is 2.70. The SMILES string of the molecule is CNC(C)(C)C(F)c1c(C)cnn1C. The third-order valence-corrected chi connectivity index (χ3v) is 2.70. The van der Waals surface area contributed by atoms with Crippen LogP contribution in [0.3, 0.4) is 0 Å². The van der Waals surface area contributed by atoms with E-state index >= 15 is 0 Å². The van der Waals surface area contributed by atoms with E-state index in [1.807, 2.05) is 20.8 Å². The van der Waals surface area contributed by atoms with Crippen LogP contribution in [0.15, 0.2) is 6.20 Å². The Bertz CT molecular complexity index is 298. The standard InChI is InChI=1S/C10H18FN3/c1-7-6-13-14(5)8(7)9(11)10(2,3)12-4/h6,9,12H,1-5H3. The number of nitrogens with one attached hydrogen (secondary N) is 1. The minimum Gasteiger partial charge on any atom is -0.312 e. The third kappa shape index (κ3) is 1.80. The number of aryl methyl sites for hydroxylation is 2. The van der Waals surface area contributed by atoms with Crippen LogP contribution in [0.2, 0.25) is 0 Å². The zero-order valence-corrected chi connectivity index (χ0v) is 9.43. The summed E-state index contributed by atoms with van der Waals surface area (Å²) < 4.78 is 15.7. The summed E-state index contributed by atoms with van der Waals surface area (Å²) in [5, 5.41) is 7.00. The Balaban J connectivity index is 3.06. The van der Waals surface area contributed by atoms with Gasteiger partial charge in [-0.25, -0.2) is 4.39 Å². The number of hydrogen-bond donors (Lipinski definition) is 1. The van der Waals surface area contributed by atoms with Crippen LogP contribution in [0.25, 0.3) is 0 Å². The van der Waals surface area contributed by atoms with Crippen LogP contribution in [0.1, 0.15) is 31.3 Å². The molecular formula is C10H18FN3. The smallest absolute Gasteiger partial charge is 0.159 e. The maximum Gasteiger partial charge on any atom is 0.159 e. The Morgan fingerprint density at radius 1 is 1.57 bits per heavy atom. The zero-order valence-electron chi connectivity index (χ0n) is 9.43. The molecule has 1 heterocycles. The summed E-state index contributed by atoms with van der Waals surface area (Å²) in [5.74, 6) is 0. The van der Waals surface area contributed by atoms with E-state index in [4.69, 9.17) is 0 Å². The normalized spacial score (nSPS) is 14.4. The van der Waals surface area contributed by atoms with E-state index in [9.17, 15) is 4.39 Å². The molecule has 1 unspecified atom stereocenters. The van der Waals surface area contributed by atoms with Gasteiger partial charge in [0.1, 0.15) is 0 Å². The Kier molecular flexibility index (Phi) is 2.95. The molecule has 0 radical (unpaired) electrons. The molecule has 0 aliphatic rings. The Morgan fingerprint density at radius 3 is 2.50 bits per heavy atom. The second kappa shape index (κ2) is 3.69. The molecule has 0 fully saturated rings. The van der Waals surface area contributed by atoms with Gasteiger partial charge in [0.15, 0.2) is 6.17 Å². The van der Waals surface area contributed by atoms with Gasteiger partial charge in [-0.1, -0.05) is 0 Å². The van der Waals surface area contributed by atoms with Crippen molar-refractivity contribution in [2.45, 2.75) is 32.5 Å². The molecule has 4 heteroatoms. The van der Waals surface area contributed by atoms with Crippen molar-refractivity contribution in [3.05, 3.63) is 17.5 Å². The van der Waals surface area contributed by atoms with Crippen LogP contribution in [0, 0.1) is 6.92 Å². The second-order valence-corrected chi connectivity index (χ2v) is 4.17. The minimum atomic E-state index is -1.06. The first kappa shape index (κ1) is 11.2. The van der Waals surface area contributed by atoms with Crippen molar-refractivity contribution in [1.82, 2.24) is 15.1 Å². The summed E-state index contributed by atoms with van der Waals surface area (Å²) in [7, 11) is 3.53. The molecule has 1 rings (SSSR count). The van der Waals surface area contributed by atoms with Crippen molar-refractivity contribution in [3.63, 3.8) is 0 Å². The summed E-state index contributed by atoms with van der Waals surface area (Å²) in [6.45, 7) is 5.55. The molecular weight excluding hydrogens is 181 g/mol. The summed E-state index contributed by atoms with van der Waals surface area (Å²) >= 11 is 0. The van der Waals surface area contributed by atoms with E-state index < -0.39 is 11.7 Å². The van der Waals surface area contributed by atoms with Gasteiger partial charge in [-0.05, 0) is 33.4 Å². The van der Waals surface area contributed by atoms with Gasteiger partial charge in [-0.2, -0.15) is 5.10 Å². The van der Waals surface area contributed by atoms with Crippen LogP contribution in [-0.4, -0.2) is 22.4 Å². The average molecular weight is 199 g/mol. The quantitative estimate of drug-likeness (QED) is 0.803. The lowest BCUT2D eigenvalue weighted by molar-refractivity contribution is 0.180. The molecule has 0 aliphatic heterocycles. The van der Waals surface area contributed by atoms with Crippen LogP contribution in [0.5, 0.6) is 0 Å². The lowest BCUT2D eigenvalue weighted by atomic mass is 9.94. The Hall–Kier alpha value is -0.900. The lowest BCUT2D eigenvalue weighted by Crippen LogP contribution is -2.41. The van der Waals surface area contributed by atoms with Gasteiger partial charge >= 0.3 is 0 Å².